The van der Waals surface area contributed by atoms with Crippen LogP contribution in [0, 0.1) is 5.92 Å². The first-order valence-corrected chi connectivity index (χ1v) is 9.16. The standard InChI is InChI=1S/C16H22N2O3S/c19-15(14-7-20-11-17-14)18-9-16(10-18)5-13(8-22-16)21-6-12-3-1-2-4-12/h7,11-13H,1-6,8-10H2/t13-/m1/s1. The molecule has 3 fully saturated rings. The van der Waals surface area contributed by atoms with Crippen LogP contribution in [0.25, 0.3) is 0 Å². The molecule has 3 heterocycles. The lowest BCUT2D eigenvalue weighted by atomic mass is 9.92. The molecule has 4 rings (SSSR count). The van der Waals surface area contributed by atoms with Gasteiger partial charge in [0, 0.05) is 25.4 Å². The van der Waals surface area contributed by atoms with Crippen molar-refractivity contribution in [3.63, 3.8) is 0 Å². The molecule has 1 amide bonds. The van der Waals surface area contributed by atoms with Crippen molar-refractivity contribution < 1.29 is 13.9 Å². The molecular weight excluding hydrogens is 300 g/mol. The van der Waals surface area contributed by atoms with E-state index in [1.165, 1.54) is 38.3 Å². The number of hydrogen-bond acceptors (Lipinski definition) is 5. The third kappa shape index (κ3) is 2.78. The maximum atomic E-state index is 12.2. The Bertz CT molecular complexity index is 522. The van der Waals surface area contributed by atoms with Crippen LogP contribution < -0.4 is 0 Å². The lowest BCUT2D eigenvalue weighted by Gasteiger charge is -2.47. The summed E-state index contributed by atoms with van der Waals surface area (Å²) in [5.41, 5.74) is 0.409. The number of hydrogen-bond donors (Lipinski definition) is 0. The van der Waals surface area contributed by atoms with E-state index in [0.29, 0.717) is 11.8 Å². The van der Waals surface area contributed by atoms with Gasteiger partial charge in [-0.2, -0.15) is 0 Å². The van der Waals surface area contributed by atoms with Crippen molar-refractivity contribution in [2.45, 2.75) is 43.0 Å². The van der Waals surface area contributed by atoms with Gasteiger partial charge in [-0.25, -0.2) is 4.98 Å². The second kappa shape index (κ2) is 5.89. The highest BCUT2D eigenvalue weighted by atomic mass is 32.2. The van der Waals surface area contributed by atoms with E-state index in [-0.39, 0.29) is 10.7 Å². The van der Waals surface area contributed by atoms with E-state index in [1.54, 1.807) is 0 Å². The Kier molecular flexibility index (Phi) is 3.90. The first-order chi connectivity index (χ1) is 10.7. The maximum Gasteiger partial charge on any atom is 0.275 e. The van der Waals surface area contributed by atoms with E-state index >= 15 is 0 Å². The predicted octanol–water partition coefficient (Wildman–Crippen LogP) is 2.58. The summed E-state index contributed by atoms with van der Waals surface area (Å²) < 4.78 is 11.2. The van der Waals surface area contributed by atoms with Gasteiger partial charge in [0.15, 0.2) is 12.1 Å². The van der Waals surface area contributed by atoms with Crippen LogP contribution >= 0.6 is 11.8 Å². The second-order valence-electron chi connectivity index (χ2n) is 6.84. The summed E-state index contributed by atoms with van der Waals surface area (Å²) in [5.74, 6) is 1.84. The van der Waals surface area contributed by atoms with Crippen molar-refractivity contribution in [3.8, 4) is 0 Å². The first kappa shape index (κ1) is 14.6. The Labute approximate surface area is 134 Å². The summed E-state index contributed by atoms with van der Waals surface area (Å²) in [5, 5.41) is 0. The summed E-state index contributed by atoms with van der Waals surface area (Å²) in [4.78, 5) is 18.0. The molecule has 22 heavy (non-hydrogen) atoms. The summed E-state index contributed by atoms with van der Waals surface area (Å²) in [6, 6.07) is 0. The molecule has 2 saturated heterocycles. The van der Waals surface area contributed by atoms with E-state index < -0.39 is 0 Å². The average molecular weight is 322 g/mol. The quantitative estimate of drug-likeness (QED) is 0.853. The number of ether oxygens (including phenoxy) is 1. The fraction of sp³-hybridized carbons (Fsp3) is 0.750. The summed E-state index contributed by atoms with van der Waals surface area (Å²) in [6.07, 6.45) is 9.59. The van der Waals surface area contributed by atoms with Crippen LogP contribution in [-0.4, -0.2) is 52.1 Å². The lowest BCUT2D eigenvalue weighted by molar-refractivity contribution is 0.0196. The minimum Gasteiger partial charge on any atom is -0.451 e. The average Bonchev–Trinajstić information content (AvgIpc) is 3.21. The van der Waals surface area contributed by atoms with Gasteiger partial charge in [0.05, 0.1) is 10.9 Å². The lowest BCUT2D eigenvalue weighted by Crippen LogP contribution is -2.60. The van der Waals surface area contributed by atoms with Crippen LogP contribution in [0.1, 0.15) is 42.6 Å². The summed E-state index contributed by atoms with van der Waals surface area (Å²) in [7, 11) is 0. The minimum atomic E-state index is -0.0182. The molecule has 1 aliphatic carbocycles. The van der Waals surface area contributed by atoms with Gasteiger partial charge in [-0.1, -0.05) is 12.8 Å². The zero-order valence-electron chi connectivity index (χ0n) is 12.7. The largest absolute Gasteiger partial charge is 0.451 e. The van der Waals surface area contributed by atoms with E-state index in [4.69, 9.17) is 9.15 Å². The van der Waals surface area contributed by atoms with Crippen LogP contribution in [0.5, 0.6) is 0 Å². The normalized spacial score (nSPS) is 27.5. The molecular formula is C16H22N2O3S. The highest BCUT2D eigenvalue weighted by Crippen LogP contribution is 2.46. The fourth-order valence-corrected chi connectivity index (χ4v) is 5.40. The van der Waals surface area contributed by atoms with Crippen molar-refractivity contribution in [2.75, 3.05) is 25.4 Å². The monoisotopic (exact) mass is 322 g/mol. The van der Waals surface area contributed by atoms with Crippen molar-refractivity contribution in [1.29, 1.82) is 0 Å². The molecule has 1 saturated carbocycles. The van der Waals surface area contributed by atoms with Crippen LogP contribution in [-0.2, 0) is 4.74 Å². The Morgan fingerprint density at radius 3 is 3.00 bits per heavy atom. The Hall–Kier alpha value is -1.01. The molecule has 120 valence electrons. The second-order valence-corrected chi connectivity index (χ2v) is 8.33. The Balaban J connectivity index is 1.24. The SMILES string of the molecule is O=C(c1cocn1)N1CC2(C[C@@H](OCC3CCCC3)CS2)C1. The smallest absolute Gasteiger partial charge is 0.275 e. The molecule has 1 aromatic rings. The van der Waals surface area contributed by atoms with Crippen LogP contribution in [0.2, 0.25) is 0 Å². The maximum absolute atomic E-state index is 12.2. The number of aromatic nitrogens is 1. The van der Waals surface area contributed by atoms with Gasteiger partial charge in [0.2, 0.25) is 0 Å². The number of oxazole rings is 1. The van der Waals surface area contributed by atoms with Crippen molar-refractivity contribution in [2.24, 2.45) is 5.92 Å². The molecule has 5 nitrogen and oxygen atoms in total. The zero-order chi connectivity index (χ0) is 15.0. The summed E-state index contributed by atoms with van der Waals surface area (Å²) in [6.45, 7) is 2.56. The zero-order valence-corrected chi connectivity index (χ0v) is 13.5. The van der Waals surface area contributed by atoms with Crippen LogP contribution in [0.3, 0.4) is 0 Å². The number of carbonyl (C=O) groups excluding carboxylic acids is 1. The van der Waals surface area contributed by atoms with E-state index in [0.717, 1.165) is 37.8 Å². The predicted molar refractivity (Wildman–Crippen MR) is 83.9 cm³/mol. The summed E-state index contributed by atoms with van der Waals surface area (Å²) >= 11 is 1.98. The molecule has 0 N–H and O–H groups in total. The van der Waals surface area contributed by atoms with Crippen molar-refractivity contribution in [3.05, 3.63) is 18.4 Å². The van der Waals surface area contributed by atoms with Gasteiger partial charge < -0.3 is 14.1 Å². The molecule has 2 aliphatic heterocycles. The number of nitrogens with zero attached hydrogens (tertiary/aromatic N) is 2. The van der Waals surface area contributed by atoms with Gasteiger partial charge >= 0.3 is 0 Å². The minimum absolute atomic E-state index is 0.0182. The molecule has 1 spiro atoms. The molecule has 0 unspecified atom stereocenters. The molecule has 1 aromatic heterocycles. The van der Waals surface area contributed by atoms with Gasteiger partial charge in [0.1, 0.15) is 6.26 Å². The number of carbonyl (C=O) groups is 1. The van der Waals surface area contributed by atoms with E-state index in [9.17, 15) is 4.79 Å². The molecule has 0 aromatic carbocycles. The van der Waals surface area contributed by atoms with Crippen molar-refractivity contribution in [1.82, 2.24) is 9.88 Å². The number of rotatable bonds is 4. The highest BCUT2D eigenvalue weighted by Gasteiger charge is 2.51. The van der Waals surface area contributed by atoms with Crippen molar-refractivity contribution >= 4 is 17.7 Å². The van der Waals surface area contributed by atoms with E-state index in [2.05, 4.69) is 4.98 Å². The van der Waals surface area contributed by atoms with Gasteiger partial charge in [-0.05, 0) is 25.2 Å². The van der Waals surface area contributed by atoms with Gasteiger partial charge in [0.25, 0.3) is 5.91 Å². The topological polar surface area (TPSA) is 55.6 Å². The highest BCUT2D eigenvalue weighted by molar-refractivity contribution is 8.01. The molecule has 6 heteroatoms. The van der Waals surface area contributed by atoms with Crippen LogP contribution in [0.4, 0.5) is 0 Å². The molecule has 0 radical (unpaired) electrons. The van der Waals surface area contributed by atoms with E-state index in [1.807, 2.05) is 16.7 Å². The molecule has 3 aliphatic rings. The van der Waals surface area contributed by atoms with Gasteiger partial charge in [-0.3, -0.25) is 4.79 Å². The fourth-order valence-electron chi connectivity index (χ4n) is 3.85. The number of thioether (sulfide) groups is 1. The van der Waals surface area contributed by atoms with Gasteiger partial charge in [-0.15, -0.1) is 11.8 Å². The Morgan fingerprint density at radius 2 is 2.27 bits per heavy atom. The molecule has 1 atom stereocenters. The first-order valence-electron chi connectivity index (χ1n) is 8.17. The number of amides is 1. The van der Waals surface area contributed by atoms with Crippen LogP contribution in [0.15, 0.2) is 17.1 Å². The molecule has 0 bridgehead atoms. The third-order valence-electron chi connectivity index (χ3n) is 5.11. The third-order valence-corrected chi connectivity index (χ3v) is 6.69. The Morgan fingerprint density at radius 1 is 1.45 bits per heavy atom. The number of likely N-dealkylation sites (tertiary alicyclic amines) is 1.